The molecule has 0 unspecified atom stereocenters. The third-order valence-corrected chi connectivity index (χ3v) is 4.45. The van der Waals surface area contributed by atoms with Crippen LogP contribution in [0.25, 0.3) is 0 Å². The zero-order chi connectivity index (χ0) is 13.1. The number of carbonyl (C=O) groups excluding carboxylic acids is 1. The van der Waals surface area contributed by atoms with Crippen LogP contribution in [0.3, 0.4) is 0 Å². The molecule has 18 heavy (non-hydrogen) atoms. The number of unbranched alkanes of at least 4 members (excludes halogenated alkanes) is 3. The lowest BCUT2D eigenvalue weighted by Crippen LogP contribution is -2.25. The molecule has 2 nitrogen and oxygen atoms in total. The van der Waals surface area contributed by atoms with Gasteiger partial charge in [0.15, 0.2) is 0 Å². The summed E-state index contributed by atoms with van der Waals surface area (Å²) in [7, 11) is 0. The molecule has 0 spiro atoms. The molecule has 0 radical (unpaired) electrons. The smallest absolute Gasteiger partial charge is 0.220 e. The van der Waals surface area contributed by atoms with Gasteiger partial charge < -0.3 is 5.32 Å². The van der Waals surface area contributed by atoms with Crippen LogP contribution >= 0.6 is 15.9 Å². The van der Waals surface area contributed by atoms with Crippen molar-refractivity contribution in [1.82, 2.24) is 5.32 Å². The highest BCUT2D eigenvalue weighted by Crippen LogP contribution is 2.27. The number of amides is 1. The third-order valence-electron chi connectivity index (χ3n) is 3.89. The molecule has 0 atom stereocenters. The Morgan fingerprint density at radius 2 is 1.78 bits per heavy atom. The Balaban J connectivity index is 1.90. The van der Waals surface area contributed by atoms with E-state index in [0.29, 0.717) is 0 Å². The topological polar surface area (TPSA) is 29.1 Å². The van der Waals surface area contributed by atoms with Gasteiger partial charge in [-0.1, -0.05) is 60.9 Å². The molecule has 0 heterocycles. The molecule has 0 aromatic carbocycles. The van der Waals surface area contributed by atoms with Crippen LogP contribution in [0.15, 0.2) is 0 Å². The molecule has 0 bridgehead atoms. The first-order valence-corrected chi connectivity index (χ1v) is 8.77. The number of rotatable bonds is 9. The maximum Gasteiger partial charge on any atom is 0.220 e. The molecule has 1 fully saturated rings. The number of nitrogens with one attached hydrogen (secondary N) is 1. The van der Waals surface area contributed by atoms with Crippen LogP contribution in [0.4, 0.5) is 0 Å². The number of hydrogen-bond acceptors (Lipinski definition) is 1. The van der Waals surface area contributed by atoms with Crippen LogP contribution < -0.4 is 5.32 Å². The summed E-state index contributed by atoms with van der Waals surface area (Å²) in [4.78, 5) is 11.7. The van der Waals surface area contributed by atoms with Crippen molar-refractivity contribution in [3.8, 4) is 0 Å². The fourth-order valence-electron chi connectivity index (χ4n) is 2.70. The number of carbonyl (C=O) groups is 1. The maximum absolute atomic E-state index is 11.7. The second-order valence-electron chi connectivity index (χ2n) is 5.50. The standard InChI is InChI=1S/C15H28BrNO/c16-12-6-1-2-7-13-17-15(18)11-10-14-8-4-3-5-9-14/h14H,1-13H2,(H,17,18). The Morgan fingerprint density at radius 3 is 2.50 bits per heavy atom. The van der Waals surface area contributed by atoms with Gasteiger partial charge in [-0.25, -0.2) is 0 Å². The Kier molecular flexibility index (Phi) is 9.63. The van der Waals surface area contributed by atoms with Crippen LogP contribution in [-0.2, 0) is 4.79 Å². The van der Waals surface area contributed by atoms with E-state index in [1.54, 1.807) is 0 Å². The number of hydrogen-bond donors (Lipinski definition) is 1. The number of alkyl halides is 1. The second kappa shape index (κ2) is 10.8. The van der Waals surface area contributed by atoms with E-state index >= 15 is 0 Å². The molecule has 0 aromatic rings. The van der Waals surface area contributed by atoms with Gasteiger partial charge in [0.25, 0.3) is 0 Å². The average molecular weight is 318 g/mol. The predicted octanol–water partition coefficient (Wildman–Crippen LogP) is 4.42. The van der Waals surface area contributed by atoms with Gasteiger partial charge in [-0.2, -0.15) is 0 Å². The molecule has 0 saturated heterocycles. The summed E-state index contributed by atoms with van der Waals surface area (Å²) >= 11 is 3.43. The van der Waals surface area contributed by atoms with E-state index in [9.17, 15) is 4.79 Å². The molecular formula is C15H28BrNO. The molecule has 0 aliphatic heterocycles. The van der Waals surface area contributed by atoms with Crippen LogP contribution in [0.5, 0.6) is 0 Å². The summed E-state index contributed by atoms with van der Waals surface area (Å²) in [6, 6.07) is 0. The molecule has 1 rings (SSSR count). The van der Waals surface area contributed by atoms with Crippen molar-refractivity contribution in [1.29, 1.82) is 0 Å². The summed E-state index contributed by atoms with van der Waals surface area (Å²) in [5, 5.41) is 4.15. The van der Waals surface area contributed by atoms with Crippen LogP contribution in [0.2, 0.25) is 0 Å². The molecule has 106 valence electrons. The molecule has 3 heteroatoms. The van der Waals surface area contributed by atoms with E-state index < -0.39 is 0 Å². The van der Waals surface area contributed by atoms with E-state index in [4.69, 9.17) is 0 Å². The van der Waals surface area contributed by atoms with Crippen molar-refractivity contribution in [2.45, 2.75) is 70.6 Å². The van der Waals surface area contributed by atoms with Crippen molar-refractivity contribution >= 4 is 21.8 Å². The highest BCUT2D eigenvalue weighted by Gasteiger charge is 2.14. The van der Waals surface area contributed by atoms with Crippen LogP contribution in [0, 0.1) is 5.92 Å². The second-order valence-corrected chi connectivity index (χ2v) is 6.29. The highest BCUT2D eigenvalue weighted by molar-refractivity contribution is 9.09. The van der Waals surface area contributed by atoms with Crippen molar-refractivity contribution in [3.63, 3.8) is 0 Å². The third kappa shape index (κ3) is 8.12. The predicted molar refractivity (Wildman–Crippen MR) is 81.1 cm³/mol. The molecule has 1 N–H and O–H groups in total. The van der Waals surface area contributed by atoms with Gasteiger partial charge in [0, 0.05) is 18.3 Å². The zero-order valence-corrected chi connectivity index (χ0v) is 13.1. The molecule has 1 amide bonds. The lowest BCUT2D eigenvalue weighted by molar-refractivity contribution is -0.121. The van der Waals surface area contributed by atoms with Gasteiger partial charge in [-0.3, -0.25) is 4.79 Å². The minimum Gasteiger partial charge on any atom is -0.356 e. The molecule has 0 aromatic heterocycles. The normalized spacial score (nSPS) is 16.7. The Hall–Kier alpha value is -0.0500. The molecule has 1 saturated carbocycles. The fourth-order valence-corrected chi connectivity index (χ4v) is 3.10. The van der Waals surface area contributed by atoms with Gasteiger partial charge in [-0.05, 0) is 25.2 Å². The zero-order valence-electron chi connectivity index (χ0n) is 11.6. The molecular weight excluding hydrogens is 290 g/mol. The quantitative estimate of drug-likeness (QED) is 0.495. The summed E-state index contributed by atoms with van der Waals surface area (Å²) in [5.74, 6) is 1.09. The molecule has 1 aliphatic rings. The van der Waals surface area contributed by atoms with Crippen LogP contribution in [0.1, 0.15) is 70.6 Å². The van der Waals surface area contributed by atoms with E-state index in [0.717, 1.165) is 37.1 Å². The van der Waals surface area contributed by atoms with Gasteiger partial charge in [0.1, 0.15) is 0 Å². The number of halogens is 1. The minimum absolute atomic E-state index is 0.265. The van der Waals surface area contributed by atoms with E-state index in [1.807, 2.05) is 0 Å². The van der Waals surface area contributed by atoms with Crippen molar-refractivity contribution in [3.05, 3.63) is 0 Å². The SMILES string of the molecule is O=C(CCC1CCCCC1)NCCCCCCBr. The molecule has 1 aliphatic carbocycles. The summed E-state index contributed by atoms with van der Waals surface area (Å²) < 4.78 is 0. The van der Waals surface area contributed by atoms with Gasteiger partial charge in [0.05, 0.1) is 0 Å². The monoisotopic (exact) mass is 317 g/mol. The van der Waals surface area contributed by atoms with Gasteiger partial charge in [0.2, 0.25) is 5.91 Å². The average Bonchev–Trinajstić information content (AvgIpc) is 2.41. The van der Waals surface area contributed by atoms with Crippen molar-refractivity contribution < 1.29 is 4.79 Å². The largest absolute Gasteiger partial charge is 0.356 e. The van der Waals surface area contributed by atoms with E-state index in [-0.39, 0.29) is 5.91 Å². The van der Waals surface area contributed by atoms with E-state index in [2.05, 4.69) is 21.2 Å². The lowest BCUT2D eigenvalue weighted by Gasteiger charge is -2.20. The van der Waals surface area contributed by atoms with E-state index in [1.165, 1.54) is 51.4 Å². The van der Waals surface area contributed by atoms with Crippen molar-refractivity contribution in [2.75, 3.05) is 11.9 Å². The van der Waals surface area contributed by atoms with Gasteiger partial charge >= 0.3 is 0 Å². The Bertz CT molecular complexity index is 215. The maximum atomic E-state index is 11.7. The first-order valence-electron chi connectivity index (χ1n) is 7.65. The van der Waals surface area contributed by atoms with Gasteiger partial charge in [-0.15, -0.1) is 0 Å². The summed E-state index contributed by atoms with van der Waals surface area (Å²) in [6.45, 7) is 0.867. The summed E-state index contributed by atoms with van der Waals surface area (Å²) in [6.07, 6.45) is 13.6. The lowest BCUT2D eigenvalue weighted by atomic mass is 9.86. The minimum atomic E-state index is 0.265. The summed E-state index contributed by atoms with van der Waals surface area (Å²) in [5.41, 5.74) is 0. The fraction of sp³-hybridized carbons (Fsp3) is 0.933. The van der Waals surface area contributed by atoms with Crippen LogP contribution in [-0.4, -0.2) is 17.8 Å². The van der Waals surface area contributed by atoms with Crippen molar-refractivity contribution in [2.24, 2.45) is 5.92 Å². The first-order chi connectivity index (χ1) is 8.83. The first kappa shape index (κ1) is 16.0. The highest BCUT2D eigenvalue weighted by atomic mass is 79.9. The Labute approximate surface area is 120 Å². The Morgan fingerprint density at radius 1 is 1.06 bits per heavy atom.